The number of thiophene rings is 1. The molecule has 1 amide bonds. The normalized spacial score (nSPS) is 23.1. The zero-order chi connectivity index (χ0) is 27.6. The predicted octanol–water partition coefficient (Wildman–Crippen LogP) is 5.58. The number of carbonyl (C=O) groups is 1. The van der Waals surface area contributed by atoms with E-state index < -0.39 is 11.2 Å². The molecule has 1 aliphatic heterocycles. The van der Waals surface area contributed by atoms with Gasteiger partial charge in [-0.15, -0.1) is 10.2 Å². The summed E-state index contributed by atoms with van der Waals surface area (Å²) in [7, 11) is 1.66. The van der Waals surface area contributed by atoms with Crippen molar-refractivity contribution in [3.8, 4) is 5.75 Å². The minimum atomic E-state index is -4.50. The third-order valence-corrected chi connectivity index (χ3v) is 9.49. The van der Waals surface area contributed by atoms with Crippen molar-refractivity contribution in [2.45, 2.75) is 50.4 Å². The van der Waals surface area contributed by atoms with Crippen molar-refractivity contribution in [1.82, 2.24) is 20.4 Å². The predicted molar refractivity (Wildman–Crippen MR) is 146 cm³/mol. The molecule has 12 heteroatoms. The lowest BCUT2D eigenvalue weighted by molar-refractivity contribution is -0.138. The van der Waals surface area contributed by atoms with E-state index in [9.17, 15) is 18.0 Å². The van der Waals surface area contributed by atoms with Gasteiger partial charge < -0.3 is 19.9 Å². The van der Waals surface area contributed by atoms with Gasteiger partial charge in [0, 0.05) is 44.2 Å². The van der Waals surface area contributed by atoms with Crippen LogP contribution < -0.4 is 15.0 Å². The van der Waals surface area contributed by atoms with Crippen molar-refractivity contribution in [2.24, 2.45) is 5.92 Å². The van der Waals surface area contributed by atoms with Crippen molar-refractivity contribution in [1.29, 1.82) is 0 Å². The smallest absolute Gasteiger partial charge is 0.445 e. The maximum atomic E-state index is 13.8. The molecular weight excluding hydrogens is 547 g/mol. The van der Waals surface area contributed by atoms with Gasteiger partial charge in [0.1, 0.15) is 5.75 Å². The van der Waals surface area contributed by atoms with Crippen LogP contribution in [0.1, 0.15) is 54.3 Å². The van der Waals surface area contributed by atoms with Crippen LogP contribution in [0, 0.1) is 5.92 Å². The average molecular weight is 580 g/mol. The minimum absolute atomic E-state index is 0.112. The summed E-state index contributed by atoms with van der Waals surface area (Å²) in [6.45, 7) is 3.97. The van der Waals surface area contributed by atoms with Crippen LogP contribution >= 0.6 is 22.7 Å². The molecule has 1 aromatic carbocycles. The van der Waals surface area contributed by atoms with Gasteiger partial charge in [0.05, 0.1) is 7.11 Å². The van der Waals surface area contributed by atoms with Crippen LogP contribution in [0.2, 0.25) is 0 Å². The number of hydrogen-bond acceptors (Lipinski definition) is 8. The molecular formula is C27H32F3N5O2S2. The van der Waals surface area contributed by atoms with Crippen LogP contribution in [0.4, 0.5) is 18.3 Å². The number of piperazine rings is 1. The number of carbonyl (C=O) groups excluding carboxylic acids is 1. The second kappa shape index (κ2) is 11.8. The highest BCUT2D eigenvalue weighted by Crippen LogP contribution is 2.41. The molecule has 1 saturated heterocycles. The molecule has 7 nitrogen and oxygen atoms in total. The number of halogens is 3. The zero-order valence-electron chi connectivity index (χ0n) is 21.9. The third kappa shape index (κ3) is 6.38. The molecule has 2 aliphatic rings. The number of hydrogen-bond donors (Lipinski definition) is 1. The first-order chi connectivity index (χ1) is 18.7. The molecule has 3 aromatic rings. The number of alkyl halides is 3. The number of methoxy groups -OCH3 is 1. The Morgan fingerprint density at radius 1 is 1.10 bits per heavy atom. The molecule has 0 spiro atoms. The molecule has 1 N–H and O–H groups in total. The quantitative estimate of drug-likeness (QED) is 0.394. The van der Waals surface area contributed by atoms with Crippen molar-refractivity contribution in [3.63, 3.8) is 0 Å². The second-order valence-corrected chi connectivity index (χ2v) is 11.9. The number of nitrogens with zero attached hydrogens (tertiary/aromatic N) is 4. The summed E-state index contributed by atoms with van der Waals surface area (Å²) in [5.74, 6) is 0.978. The number of aromatic nitrogens is 2. The number of anilines is 1. The summed E-state index contributed by atoms with van der Waals surface area (Å²) in [6, 6.07) is 10.7. The lowest BCUT2D eigenvalue weighted by Crippen LogP contribution is -2.52. The van der Waals surface area contributed by atoms with Gasteiger partial charge in [-0.25, -0.2) is 0 Å². The van der Waals surface area contributed by atoms with Crippen LogP contribution in [0.3, 0.4) is 0 Å². The lowest BCUT2D eigenvalue weighted by Gasteiger charge is -2.41. The first-order valence-electron chi connectivity index (χ1n) is 13.1. The molecule has 3 heterocycles. The molecule has 5 rings (SSSR count). The van der Waals surface area contributed by atoms with Gasteiger partial charge in [-0.05, 0) is 72.2 Å². The van der Waals surface area contributed by atoms with Gasteiger partial charge in [-0.3, -0.25) is 4.79 Å². The molecule has 4 atom stereocenters. The monoisotopic (exact) mass is 579 g/mol. The molecule has 0 bridgehead atoms. The Morgan fingerprint density at radius 2 is 1.85 bits per heavy atom. The highest BCUT2D eigenvalue weighted by Gasteiger charge is 2.40. The van der Waals surface area contributed by atoms with Gasteiger partial charge in [0.2, 0.25) is 16.0 Å². The Bertz CT molecular complexity index is 1230. The molecule has 2 fully saturated rings. The van der Waals surface area contributed by atoms with Gasteiger partial charge >= 0.3 is 6.18 Å². The summed E-state index contributed by atoms with van der Waals surface area (Å²) in [5.41, 5.74) is 2.39. The van der Waals surface area contributed by atoms with E-state index >= 15 is 0 Å². The third-order valence-electron chi connectivity index (χ3n) is 7.76. The molecule has 1 aliphatic carbocycles. The number of amides is 1. The minimum Gasteiger partial charge on any atom is -0.497 e. The highest BCUT2D eigenvalue weighted by molar-refractivity contribution is 7.15. The summed E-state index contributed by atoms with van der Waals surface area (Å²) >= 11 is 2.19. The topological polar surface area (TPSA) is 70.6 Å². The largest absolute Gasteiger partial charge is 0.497 e. The SMILES string of the molecule is COc1ccc([C@@H](C)N[C@@H]2CC[C@H](C(=O)N3CCN(c4nnc(C(F)(F)F)s4)CC3)[C@@H](c3ccsc3)C2)cc1. The Hall–Kier alpha value is -2.70. The average Bonchev–Trinajstić information content (AvgIpc) is 3.66. The zero-order valence-corrected chi connectivity index (χ0v) is 23.5. The second-order valence-electron chi connectivity index (χ2n) is 10.1. The fraction of sp³-hybridized carbons (Fsp3) is 0.519. The van der Waals surface area contributed by atoms with E-state index in [0.29, 0.717) is 37.5 Å². The van der Waals surface area contributed by atoms with Gasteiger partial charge in [0.25, 0.3) is 0 Å². The fourth-order valence-corrected chi connectivity index (χ4v) is 7.11. The standard InChI is InChI=1S/C27H32F3N5O2S2/c1-17(18-3-6-21(37-2)7-4-18)31-20-5-8-22(23(15-20)19-9-14-38-16-19)24(36)34-10-12-35(13-11-34)26-33-32-25(39-26)27(28,29)30/h3-4,6-7,9,14,16-17,20,22-23,31H,5,8,10-13,15H2,1-2H3/t17-,20-,22+,23-/m1/s1. The van der Waals surface area contributed by atoms with E-state index in [2.05, 4.69) is 51.4 Å². The molecule has 0 radical (unpaired) electrons. The van der Waals surface area contributed by atoms with Crippen molar-refractivity contribution in [2.75, 3.05) is 38.2 Å². The molecule has 0 unspecified atom stereocenters. The number of benzene rings is 1. The summed E-state index contributed by atoms with van der Waals surface area (Å²) in [6.07, 6.45) is -1.93. The highest BCUT2D eigenvalue weighted by atomic mass is 32.1. The lowest BCUT2D eigenvalue weighted by atomic mass is 9.73. The Labute approximate surface area is 234 Å². The summed E-state index contributed by atoms with van der Waals surface area (Å²) in [4.78, 5) is 17.4. The molecule has 1 saturated carbocycles. The summed E-state index contributed by atoms with van der Waals surface area (Å²) in [5, 5.41) is 14.3. The van der Waals surface area contributed by atoms with Crippen molar-refractivity contribution >= 4 is 33.7 Å². The fourth-order valence-electron chi connectivity index (χ4n) is 5.62. The summed E-state index contributed by atoms with van der Waals surface area (Å²) < 4.78 is 44.1. The first kappa shape index (κ1) is 27.9. The van der Waals surface area contributed by atoms with Crippen LogP contribution in [-0.2, 0) is 11.0 Å². The molecule has 2 aromatic heterocycles. The Morgan fingerprint density at radius 3 is 2.46 bits per heavy atom. The maximum absolute atomic E-state index is 13.8. The van der Waals surface area contributed by atoms with Gasteiger partial charge in [0.15, 0.2) is 0 Å². The van der Waals surface area contributed by atoms with E-state index in [1.54, 1.807) is 23.3 Å². The number of rotatable bonds is 7. The number of ether oxygens (including phenoxy) is 1. The maximum Gasteiger partial charge on any atom is 0.445 e. The molecule has 39 heavy (non-hydrogen) atoms. The van der Waals surface area contributed by atoms with Crippen LogP contribution in [0.5, 0.6) is 5.75 Å². The van der Waals surface area contributed by atoms with Gasteiger partial charge in [-0.1, -0.05) is 23.5 Å². The van der Waals surface area contributed by atoms with Crippen LogP contribution in [0.15, 0.2) is 41.1 Å². The Kier molecular flexibility index (Phi) is 8.43. The molecule has 210 valence electrons. The van der Waals surface area contributed by atoms with Gasteiger partial charge in [-0.2, -0.15) is 24.5 Å². The van der Waals surface area contributed by atoms with E-state index in [0.717, 1.165) is 25.0 Å². The van der Waals surface area contributed by atoms with Crippen LogP contribution in [-0.4, -0.2) is 60.3 Å². The van der Waals surface area contributed by atoms with Crippen LogP contribution in [0.25, 0.3) is 0 Å². The first-order valence-corrected chi connectivity index (χ1v) is 14.9. The number of nitrogens with one attached hydrogen (secondary N) is 1. The van der Waals surface area contributed by atoms with E-state index in [-0.39, 0.29) is 35.0 Å². The van der Waals surface area contributed by atoms with E-state index in [1.807, 2.05) is 17.0 Å². The van der Waals surface area contributed by atoms with E-state index in [4.69, 9.17) is 4.74 Å². The van der Waals surface area contributed by atoms with Crippen molar-refractivity contribution < 1.29 is 22.7 Å². The Balaban J connectivity index is 1.21. The van der Waals surface area contributed by atoms with E-state index in [1.165, 1.54) is 11.1 Å². The van der Waals surface area contributed by atoms with Crippen molar-refractivity contribution in [3.05, 3.63) is 57.2 Å².